The van der Waals surface area contributed by atoms with Crippen LogP contribution in [0.1, 0.15) is 37.3 Å². The summed E-state index contributed by atoms with van der Waals surface area (Å²) in [6, 6.07) is 17.6. The zero-order chi connectivity index (χ0) is 17.9. The quantitative estimate of drug-likeness (QED) is 0.551. The van der Waals surface area contributed by atoms with Crippen LogP contribution in [0.25, 0.3) is 16.7 Å². The van der Waals surface area contributed by atoms with Crippen molar-refractivity contribution in [2.24, 2.45) is 5.92 Å². The average Bonchev–Trinajstić information content (AvgIpc) is 2.70. The van der Waals surface area contributed by atoms with Gasteiger partial charge in [0.1, 0.15) is 0 Å². The lowest BCUT2D eigenvalue weighted by atomic mass is 9.80. The fraction of sp³-hybridized carbons (Fsp3) is 0.231. The number of rotatable bonds is 3. The number of hydrogen-bond acceptors (Lipinski definition) is 0. The molecule has 0 nitrogen and oxygen atoms in total. The van der Waals surface area contributed by atoms with Gasteiger partial charge in [0.15, 0.2) is 0 Å². The van der Waals surface area contributed by atoms with E-state index in [0.29, 0.717) is 5.92 Å². The third-order valence-corrected chi connectivity index (χ3v) is 5.60. The third-order valence-electron chi connectivity index (χ3n) is 5.60. The zero-order valence-corrected chi connectivity index (χ0v) is 15.7. The molecule has 1 atom stereocenters. The molecule has 2 aromatic carbocycles. The molecule has 0 bridgehead atoms. The molecule has 1 unspecified atom stereocenters. The maximum absolute atomic E-state index is 2.42. The molecule has 0 aromatic heterocycles. The predicted molar refractivity (Wildman–Crippen MR) is 113 cm³/mol. The Bertz CT molecular complexity index is 920. The molecule has 26 heavy (non-hydrogen) atoms. The van der Waals surface area contributed by atoms with Gasteiger partial charge in [-0.3, -0.25) is 0 Å². The molecule has 0 amide bonds. The minimum atomic E-state index is 0.505. The first-order chi connectivity index (χ1) is 12.7. The maximum Gasteiger partial charge on any atom is 0.00586 e. The topological polar surface area (TPSA) is 0 Å². The van der Waals surface area contributed by atoms with Crippen LogP contribution in [0.2, 0.25) is 0 Å². The molecule has 0 spiro atoms. The van der Waals surface area contributed by atoms with Crippen LogP contribution in [0.3, 0.4) is 0 Å². The van der Waals surface area contributed by atoms with Crippen LogP contribution in [-0.2, 0) is 0 Å². The van der Waals surface area contributed by atoms with Gasteiger partial charge in [-0.25, -0.2) is 0 Å². The van der Waals surface area contributed by atoms with Crippen molar-refractivity contribution in [3.8, 4) is 11.1 Å². The van der Waals surface area contributed by atoms with Crippen LogP contribution < -0.4 is 0 Å². The van der Waals surface area contributed by atoms with Crippen LogP contribution in [-0.4, -0.2) is 0 Å². The second kappa shape index (κ2) is 7.33. The van der Waals surface area contributed by atoms with Gasteiger partial charge >= 0.3 is 0 Å². The second-order valence-corrected chi connectivity index (χ2v) is 7.41. The molecule has 0 fully saturated rings. The molecule has 0 N–H and O–H groups in total. The van der Waals surface area contributed by atoms with Gasteiger partial charge in [0.05, 0.1) is 0 Å². The molecule has 4 rings (SSSR count). The van der Waals surface area contributed by atoms with Gasteiger partial charge in [-0.05, 0) is 78.1 Å². The van der Waals surface area contributed by atoms with Crippen LogP contribution in [0.4, 0.5) is 0 Å². The highest BCUT2D eigenvalue weighted by molar-refractivity contribution is 5.78. The van der Waals surface area contributed by atoms with Crippen molar-refractivity contribution >= 4 is 5.57 Å². The van der Waals surface area contributed by atoms with E-state index >= 15 is 0 Å². The first kappa shape index (κ1) is 16.8. The van der Waals surface area contributed by atoms with Crippen LogP contribution in [0, 0.1) is 12.8 Å². The van der Waals surface area contributed by atoms with Crippen LogP contribution >= 0.6 is 0 Å². The van der Waals surface area contributed by atoms with Crippen molar-refractivity contribution in [3.05, 3.63) is 101 Å². The Kier molecular flexibility index (Phi) is 4.75. The molecule has 0 radical (unpaired) electrons. The van der Waals surface area contributed by atoms with E-state index in [1.165, 1.54) is 51.8 Å². The number of hydrogen-bond donors (Lipinski definition) is 0. The fourth-order valence-corrected chi connectivity index (χ4v) is 4.03. The van der Waals surface area contributed by atoms with E-state index in [2.05, 4.69) is 92.8 Å². The Morgan fingerprint density at radius 1 is 0.846 bits per heavy atom. The molecule has 0 heteroatoms. The molecule has 0 saturated heterocycles. The van der Waals surface area contributed by atoms with Crippen molar-refractivity contribution in [2.45, 2.75) is 33.1 Å². The lowest BCUT2D eigenvalue weighted by Crippen LogP contribution is -2.08. The fourth-order valence-electron chi connectivity index (χ4n) is 4.03. The summed E-state index contributed by atoms with van der Waals surface area (Å²) in [5.74, 6) is 0.505. The van der Waals surface area contributed by atoms with Gasteiger partial charge in [-0.1, -0.05) is 72.8 Å². The van der Waals surface area contributed by atoms with E-state index in [1.807, 2.05) is 0 Å². The summed E-state index contributed by atoms with van der Waals surface area (Å²) in [6.45, 7) is 4.49. The second-order valence-electron chi connectivity index (χ2n) is 7.41. The van der Waals surface area contributed by atoms with Gasteiger partial charge in [0, 0.05) is 5.92 Å². The minimum absolute atomic E-state index is 0.505. The van der Waals surface area contributed by atoms with Gasteiger partial charge in [0.25, 0.3) is 0 Å². The summed E-state index contributed by atoms with van der Waals surface area (Å²) >= 11 is 0. The predicted octanol–water partition coefficient (Wildman–Crippen LogP) is 7.29. The van der Waals surface area contributed by atoms with Gasteiger partial charge in [-0.2, -0.15) is 0 Å². The summed E-state index contributed by atoms with van der Waals surface area (Å²) in [5, 5.41) is 0. The van der Waals surface area contributed by atoms with E-state index < -0.39 is 0 Å². The van der Waals surface area contributed by atoms with Crippen molar-refractivity contribution in [1.29, 1.82) is 0 Å². The monoisotopic (exact) mass is 338 g/mol. The highest BCUT2D eigenvalue weighted by Gasteiger charge is 2.20. The Hall–Kier alpha value is -2.60. The maximum atomic E-state index is 2.42. The molecule has 0 heterocycles. The highest BCUT2D eigenvalue weighted by atomic mass is 14.2. The molecule has 0 saturated carbocycles. The lowest BCUT2D eigenvalue weighted by molar-refractivity contribution is 0.776. The van der Waals surface area contributed by atoms with E-state index in [1.54, 1.807) is 0 Å². The largest absolute Gasteiger partial charge is 0.0839 e. The molecular formula is C26H26. The Labute approximate surface area is 157 Å². The zero-order valence-electron chi connectivity index (χ0n) is 15.7. The molecule has 0 aliphatic heterocycles. The van der Waals surface area contributed by atoms with E-state index in [0.717, 1.165) is 6.42 Å². The van der Waals surface area contributed by atoms with E-state index in [9.17, 15) is 0 Å². The van der Waals surface area contributed by atoms with Crippen LogP contribution in [0.15, 0.2) is 90.1 Å². The SMILES string of the molecule is CC1=C(c2cc(-c3ccccc3)ccc2C)CC(C2=CCCC=C2)C=C1. The Balaban J connectivity index is 1.71. The first-order valence-corrected chi connectivity index (χ1v) is 9.63. The standard InChI is InChI=1S/C26H26/c1-19-13-15-23(21-9-5-3-6-10-21)17-25(19)26-18-24(16-14-20(26)2)22-11-7-4-8-12-22/h3,5-7,9-17,24H,4,8,18H2,1-2H3. The van der Waals surface area contributed by atoms with Gasteiger partial charge in [0.2, 0.25) is 0 Å². The van der Waals surface area contributed by atoms with Crippen LogP contribution in [0.5, 0.6) is 0 Å². The molecule has 2 aliphatic rings. The summed E-state index contributed by atoms with van der Waals surface area (Å²) in [7, 11) is 0. The molecule has 2 aromatic rings. The summed E-state index contributed by atoms with van der Waals surface area (Å²) in [5.41, 5.74) is 9.72. The normalized spacial score (nSPS) is 19.6. The average molecular weight is 338 g/mol. The van der Waals surface area contributed by atoms with E-state index in [4.69, 9.17) is 0 Å². The molecule has 130 valence electrons. The van der Waals surface area contributed by atoms with Gasteiger partial charge in [-0.15, -0.1) is 0 Å². The number of aryl methyl sites for hydroxylation is 1. The van der Waals surface area contributed by atoms with Gasteiger partial charge < -0.3 is 0 Å². The molecular weight excluding hydrogens is 312 g/mol. The third kappa shape index (κ3) is 3.37. The Morgan fingerprint density at radius 3 is 2.46 bits per heavy atom. The first-order valence-electron chi connectivity index (χ1n) is 9.63. The number of allylic oxidation sites excluding steroid dienone is 8. The summed E-state index contributed by atoms with van der Waals surface area (Å²) in [4.78, 5) is 0. The Morgan fingerprint density at radius 2 is 1.69 bits per heavy atom. The van der Waals surface area contributed by atoms with Crippen molar-refractivity contribution in [3.63, 3.8) is 0 Å². The smallest absolute Gasteiger partial charge is 0.00586 e. The lowest BCUT2D eigenvalue weighted by Gasteiger charge is -2.25. The molecule has 2 aliphatic carbocycles. The summed E-state index contributed by atoms with van der Waals surface area (Å²) < 4.78 is 0. The minimum Gasteiger partial charge on any atom is -0.0839 e. The summed E-state index contributed by atoms with van der Waals surface area (Å²) in [6.07, 6.45) is 15.2. The van der Waals surface area contributed by atoms with Crippen molar-refractivity contribution < 1.29 is 0 Å². The van der Waals surface area contributed by atoms with E-state index in [-0.39, 0.29) is 0 Å². The van der Waals surface area contributed by atoms with Crippen molar-refractivity contribution in [2.75, 3.05) is 0 Å². The van der Waals surface area contributed by atoms with Crippen molar-refractivity contribution in [1.82, 2.24) is 0 Å². The number of benzene rings is 2. The highest BCUT2D eigenvalue weighted by Crippen LogP contribution is 2.38.